The van der Waals surface area contributed by atoms with Gasteiger partial charge >= 0.3 is 0 Å². The van der Waals surface area contributed by atoms with E-state index in [1.807, 2.05) is 0 Å². The van der Waals surface area contributed by atoms with Crippen LogP contribution in [0.25, 0.3) is 0 Å². The Morgan fingerprint density at radius 2 is 1.70 bits per heavy atom. The van der Waals surface area contributed by atoms with Crippen LogP contribution in [0.15, 0.2) is 53.4 Å². The molecule has 0 spiro atoms. The van der Waals surface area contributed by atoms with Crippen LogP contribution < -0.4 is 0 Å². The van der Waals surface area contributed by atoms with Crippen molar-refractivity contribution >= 4 is 21.6 Å². The Hall–Kier alpha value is -2.85. The number of piperazine rings is 1. The number of amides is 1. The molecule has 1 amide bonds. The summed E-state index contributed by atoms with van der Waals surface area (Å²) in [6.45, 7) is 0.380. The van der Waals surface area contributed by atoms with Crippen LogP contribution in [0.2, 0.25) is 0 Å². The van der Waals surface area contributed by atoms with Gasteiger partial charge in [-0.25, -0.2) is 12.8 Å². The summed E-state index contributed by atoms with van der Waals surface area (Å²) in [6.07, 6.45) is 0. The third-order valence-electron chi connectivity index (χ3n) is 4.26. The van der Waals surface area contributed by atoms with Crippen LogP contribution in [-0.2, 0) is 10.0 Å². The van der Waals surface area contributed by atoms with Crippen molar-refractivity contribution in [1.29, 1.82) is 0 Å². The number of non-ortho nitro benzene ring substituents is 1. The Morgan fingerprint density at radius 3 is 2.33 bits per heavy atom. The van der Waals surface area contributed by atoms with Crippen LogP contribution in [0, 0.1) is 15.9 Å². The van der Waals surface area contributed by atoms with Crippen molar-refractivity contribution in [3.8, 4) is 0 Å². The Labute approximate surface area is 155 Å². The molecule has 27 heavy (non-hydrogen) atoms. The fourth-order valence-corrected chi connectivity index (χ4v) is 4.30. The molecule has 0 aliphatic carbocycles. The van der Waals surface area contributed by atoms with Gasteiger partial charge in [0.25, 0.3) is 11.6 Å². The fraction of sp³-hybridized carbons (Fsp3) is 0.235. The van der Waals surface area contributed by atoms with E-state index in [4.69, 9.17) is 0 Å². The van der Waals surface area contributed by atoms with Crippen LogP contribution in [0.5, 0.6) is 0 Å². The molecule has 142 valence electrons. The van der Waals surface area contributed by atoms with Crippen molar-refractivity contribution in [2.24, 2.45) is 0 Å². The van der Waals surface area contributed by atoms with E-state index in [1.165, 1.54) is 45.6 Å². The van der Waals surface area contributed by atoms with Crippen molar-refractivity contribution in [2.45, 2.75) is 4.90 Å². The lowest BCUT2D eigenvalue weighted by Gasteiger charge is -2.34. The molecule has 0 bridgehead atoms. The van der Waals surface area contributed by atoms with Crippen LogP contribution in [0.4, 0.5) is 10.1 Å². The molecule has 0 aromatic heterocycles. The van der Waals surface area contributed by atoms with E-state index in [0.717, 1.165) is 12.1 Å². The molecule has 1 fully saturated rings. The Kier molecular flexibility index (Phi) is 5.19. The second kappa shape index (κ2) is 7.41. The van der Waals surface area contributed by atoms with Gasteiger partial charge in [-0.1, -0.05) is 12.1 Å². The molecule has 1 aliphatic rings. The minimum Gasteiger partial charge on any atom is -0.336 e. The summed E-state index contributed by atoms with van der Waals surface area (Å²) in [7, 11) is -3.91. The number of nitro groups is 1. The molecule has 1 saturated heterocycles. The molecule has 0 unspecified atom stereocenters. The van der Waals surface area contributed by atoms with E-state index < -0.39 is 20.8 Å². The quantitative estimate of drug-likeness (QED) is 0.583. The van der Waals surface area contributed by atoms with Crippen LogP contribution in [0.1, 0.15) is 10.4 Å². The van der Waals surface area contributed by atoms with Gasteiger partial charge in [0.05, 0.1) is 9.82 Å². The van der Waals surface area contributed by atoms with E-state index in [2.05, 4.69) is 0 Å². The summed E-state index contributed by atoms with van der Waals surface area (Å²) < 4.78 is 39.9. The zero-order valence-corrected chi connectivity index (χ0v) is 14.9. The van der Waals surface area contributed by atoms with Gasteiger partial charge in [0, 0.05) is 43.9 Å². The van der Waals surface area contributed by atoms with Crippen LogP contribution in [0.3, 0.4) is 0 Å². The molecule has 0 saturated carbocycles. The van der Waals surface area contributed by atoms with Gasteiger partial charge in [-0.15, -0.1) is 0 Å². The summed E-state index contributed by atoms with van der Waals surface area (Å²) in [5, 5.41) is 10.9. The first-order valence-electron chi connectivity index (χ1n) is 8.08. The largest absolute Gasteiger partial charge is 0.336 e. The maximum Gasteiger partial charge on any atom is 0.270 e. The average molecular weight is 393 g/mol. The molecule has 0 radical (unpaired) electrons. The predicted molar refractivity (Wildman–Crippen MR) is 94.2 cm³/mol. The van der Waals surface area contributed by atoms with Crippen LogP contribution >= 0.6 is 0 Å². The molecule has 3 rings (SSSR count). The lowest BCUT2D eigenvalue weighted by molar-refractivity contribution is -0.385. The molecule has 1 heterocycles. The van der Waals surface area contributed by atoms with Crippen molar-refractivity contribution in [2.75, 3.05) is 26.2 Å². The first-order chi connectivity index (χ1) is 12.8. The van der Waals surface area contributed by atoms with Gasteiger partial charge in [0.1, 0.15) is 5.82 Å². The van der Waals surface area contributed by atoms with Gasteiger partial charge < -0.3 is 4.90 Å². The van der Waals surface area contributed by atoms with Crippen molar-refractivity contribution < 1.29 is 22.5 Å². The number of hydrogen-bond acceptors (Lipinski definition) is 5. The summed E-state index contributed by atoms with van der Waals surface area (Å²) in [5.41, 5.74) is -0.110. The minimum atomic E-state index is -3.91. The SMILES string of the molecule is O=C(c1cccc(F)c1)N1CCN(S(=O)(=O)c2cccc([N+](=O)[O-])c2)CC1. The molecular weight excluding hydrogens is 377 g/mol. The number of hydrogen-bond donors (Lipinski definition) is 0. The Balaban J connectivity index is 1.72. The molecule has 10 heteroatoms. The highest BCUT2D eigenvalue weighted by atomic mass is 32.2. The molecule has 8 nitrogen and oxygen atoms in total. The van der Waals surface area contributed by atoms with E-state index in [1.54, 1.807) is 0 Å². The monoisotopic (exact) mass is 393 g/mol. The van der Waals surface area contributed by atoms with Gasteiger partial charge in [0.15, 0.2) is 0 Å². The Morgan fingerprint density at radius 1 is 1.04 bits per heavy atom. The zero-order valence-electron chi connectivity index (χ0n) is 14.1. The summed E-state index contributed by atoms with van der Waals surface area (Å²) in [5.74, 6) is -0.894. The molecule has 0 N–H and O–H groups in total. The number of rotatable bonds is 4. The standard InChI is InChI=1S/C17H16FN3O5S/c18-14-4-1-3-13(11-14)17(22)19-7-9-20(10-8-19)27(25,26)16-6-2-5-15(12-16)21(23)24/h1-6,11-12H,7-10H2. The third-order valence-corrected chi connectivity index (χ3v) is 6.16. The summed E-state index contributed by atoms with van der Waals surface area (Å²) in [6, 6.07) is 10.1. The van der Waals surface area contributed by atoms with Gasteiger partial charge in [-0.3, -0.25) is 14.9 Å². The normalized spacial score (nSPS) is 15.5. The molecule has 2 aromatic rings. The lowest BCUT2D eigenvalue weighted by Crippen LogP contribution is -2.50. The van der Waals surface area contributed by atoms with Crippen LogP contribution in [-0.4, -0.2) is 54.6 Å². The molecular formula is C17H16FN3O5S. The zero-order chi connectivity index (χ0) is 19.6. The maximum absolute atomic E-state index is 13.3. The average Bonchev–Trinajstić information content (AvgIpc) is 2.67. The van der Waals surface area contributed by atoms with Crippen molar-refractivity contribution in [3.63, 3.8) is 0 Å². The highest BCUT2D eigenvalue weighted by Gasteiger charge is 2.31. The van der Waals surface area contributed by atoms with E-state index in [9.17, 15) is 27.7 Å². The smallest absolute Gasteiger partial charge is 0.270 e. The number of nitro benzene ring substituents is 1. The first-order valence-corrected chi connectivity index (χ1v) is 9.52. The maximum atomic E-state index is 13.3. The molecule has 1 aliphatic heterocycles. The summed E-state index contributed by atoms with van der Waals surface area (Å²) >= 11 is 0. The second-order valence-corrected chi connectivity index (χ2v) is 7.90. The highest BCUT2D eigenvalue weighted by molar-refractivity contribution is 7.89. The summed E-state index contributed by atoms with van der Waals surface area (Å²) in [4.78, 5) is 23.9. The number of carbonyl (C=O) groups excluding carboxylic acids is 1. The number of halogens is 1. The highest BCUT2D eigenvalue weighted by Crippen LogP contribution is 2.22. The van der Waals surface area contributed by atoms with Crippen molar-refractivity contribution in [1.82, 2.24) is 9.21 Å². The minimum absolute atomic E-state index is 0.0477. The van der Waals surface area contributed by atoms with E-state index in [-0.39, 0.29) is 48.2 Å². The van der Waals surface area contributed by atoms with Gasteiger partial charge in [0.2, 0.25) is 10.0 Å². The van der Waals surface area contributed by atoms with E-state index in [0.29, 0.717) is 0 Å². The second-order valence-electron chi connectivity index (χ2n) is 5.96. The number of nitrogens with zero attached hydrogens (tertiary/aromatic N) is 3. The predicted octanol–water partition coefficient (Wildman–Crippen LogP) is 1.88. The fourth-order valence-electron chi connectivity index (χ4n) is 2.84. The molecule has 2 aromatic carbocycles. The molecule has 0 atom stereocenters. The lowest BCUT2D eigenvalue weighted by atomic mass is 10.2. The Bertz CT molecular complexity index is 988. The number of sulfonamides is 1. The van der Waals surface area contributed by atoms with Gasteiger partial charge in [-0.2, -0.15) is 4.31 Å². The number of benzene rings is 2. The number of carbonyl (C=O) groups is 1. The topological polar surface area (TPSA) is 101 Å². The van der Waals surface area contributed by atoms with Crippen molar-refractivity contribution in [3.05, 3.63) is 70.0 Å². The first kappa shape index (κ1) is 18.9. The van der Waals surface area contributed by atoms with E-state index >= 15 is 0 Å². The van der Waals surface area contributed by atoms with Gasteiger partial charge in [-0.05, 0) is 24.3 Å². The third kappa shape index (κ3) is 3.96.